The van der Waals surface area contributed by atoms with Crippen LogP contribution in [0, 0.1) is 5.82 Å². The van der Waals surface area contributed by atoms with E-state index < -0.39 is 17.3 Å². The number of fused-ring (bicyclic) bond motifs is 2. The van der Waals surface area contributed by atoms with Gasteiger partial charge in [0, 0.05) is 54.6 Å². The molecular formula is C21H24ClFN4O2. The van der Waals surface area contributed by atoms with Crippen LogP contribution in [0.1, 0.15) is 42.1 Å². The molecule has 154 valence electrons. The molecule has 1 saturated carbocycles. The Morgan fingerprint density at radius 2 is 2.07 bits per heavy atom. The van der Waals surface area contributed by atoms with Gasteiger partial charge in [0.15, 0.2) is 0 Å². The van der Waals surface area contributed by atoms with E-state index in [2.05, 4.69) is 10.3 Å². The number of aliphatic hydroxyl groups is 1. The van der Waals surface area contributed by atoms with Gasteiger partial charge in [-0.1, -0.05) is 11.6 Å². The summed E-state index contributed by atoms with van der Waals surface area (Å²) in [5.41, 5.74) is 6.05. The van der Waals surface area contributed by atoms with Crippen LogP contribution in [-0.4, -0.2) is 47.1 Å². The number of pyridine rings is 1. The van der Waals surface area contributed by atoms with Gasteiger partial charge in [0.25, 0.3) is 5.91 Å². The first-order valence-electron chi connectivity index (χ1n) is 9.51. The van der Waals surface area contributed by atoms with Crippen molar-refractivity contribution in [3.05, 3.63) is 40.3 Å². The number of aromatic nitrogens is 1. The van der Waals surface area contributed by atoms with Gasteiger partial charge in [0.1, 0.15) is 11.6 Å². The fourth-order valence-electron chi connectivity index (χ4n) is 4.65. The van der Waals surface area contributed by atoms with Gasteiger partial charge in [-0.15, -0.1) is 0 Å². The van der Waals surface area contributed by atoms with Gasteiger partial charge < -0.3 is 21.1 Å². The van der Waals surface area contributed by atoms with Crippen LogP contribution in [0.3, 0.4) is 0 Å². The molecule has 0 unspecified atom stereocenters. The van der Waals surface area contributed by atoms with E-state index in [9.17, 15) is 9.90 Å². The number of hydrogen-bond acceptors (Lipinski definition) is 5. The molecule has 8 heteroatoms. The maximum Gasteiger partial charge on any atom is 0.258 e. The van der Waals surface area contributed by atoms with Crippen LogP contribution in [0.2, 0.25) is 5.02 Å². The van der Waals surface area contributed by atoms with Crippen molar-refractivity contribution in [1.82, 2.24) is 9.88 Å². The third kappa shape index (κ3) is 3.04. The minimum absolute atomic E-state index is 0.0696. The van der Waals surface area contributed by atoms with Crippen molar-refractivity contribution in [2.45, 2.75) is 37.2 Å². The number of nitrogens with two attached hydrogens (primary N) is 1. The maximum atomic E-state index is 15.4. The Labute approximate surface area is 173 Å². The molecule has 2 atom stereocenters. The summed E-state index contributed by atoms with van der Waals surface area (Å²) in [6.07, 6.45) is 3.49. The quantitative estimate of drug-likeness (QED) is 0.650. The van der Waals surface area contributed by atoms with E-state index >= 15 is 4.39 Å². The number of nitrogens with zero attached hydrogens (tertiary/aromatic N) is 2. The smallest absolute Gasteiger partial charge is 0.258 e. The highest BCUT2D eigenvalue weighted by atomic mass is 35.5. The minimum Gasteiger partial charge on any atom is -0.398 e. The lowest BCUT2D eigenvalue weighted by atomic mass is 9.79. The summed E-state index contributed by atoms with van der Waals surface area (Å²) in [6.45, 7) is 2.45. The molecule has 1 aliphatic heterocycles. The molecule has 0 saturated heterocycles. The van der Waals surface area contributed by atoms with Gasteiger partial charge in [0.2, 0.25) is 0 Å². The number of nitrogen functional groups attached to an aromatic ring is 1. The molecule has 2 aliphatic rings. The zero-order valence-corrected chi connectivity index (χ0v) is 17.4. The second kappa shape index (κ2) is 6.57. The third-order valence-corrected chi connectivity index (χ3v) is 6.48. The first kappa shape index (κ1) is 19.9. The summed E-state index contributed by atoms with van der Waals surface area (Å²) in [7, 11) is 3.08. The largest absolute Gasteiger partial charge is 0.398 e. The zero-order chi connectivity index (χ0) is 21.1. The number of rotatable bonds is 2. The predicted octanol–water partition coefficient (Wildman–Crippen LogP) is 3.42. The number of halogens is 2. The Morgan fingerprint density at radius 1 is 1.34 bits per heavy atom. The number of anilines is 2. The van der Waals surface area contributed by atoms with Gasteiger partial charge in [-0.2, -0.15) is 0 Å². The fraction of sp³-hybridized carbons (Fsp3) is 0.429. The summed E-state index contributed by atoms with van der Waals surface area (Å²) < 4.78 is 15.4. The van der Waals surface area contributed by atoms with Crippen LogP contribution in [-0.2, 0) is 5.41 Å². The lowest BCUT2D eigenvalue weighted by Crippen LogP contribution is -2.29. The van der Waals surface area contributed by atoms with Crippen molar-refractivity contribution in [1.29, 1.82) is 0 Å². The number of nitrogens with one attached hydrogen (secondary N) is 1. The molecular weight excluding hydrogens is 395 g/mol. The number of benzene rings is 1. The molecule has 0 radical (unpaired) electrons. The Hall–Kier alpha value is -2.38. The lowest BCUT2D eigenvalue weighted by Gasteiger charge is -2.26. The van der Waals surface area contributed by atoms with Crippen LogP contribution in [0.15, 0.2) is 18.3 Å². The normalized spacial score (nSPS) is 25.2. The van der Waals surface area contributed by atoms with Gasteiger partial charge in [-0.3, -0.25) is 4.79 Å². The molecule has 1 fully saturated rings. The molecule has 4 N–H and O–H groups in total. The molecule has 4 rings (SSSR count). The summed E-state index contributed by atoms with van der Waals surface area (Å²) in [6, 6.07) is 3.03. The summed E-state index contributed by atoms with van der Waals surface area (Å²) >= 11 is 6.80. The molecule has 0 bridgehead atoms. The van der Waals surface area contributed by atoms with Crippen LogP contribution in [0.4, 0.5) is 15.9 Å². The molecule has 2 aromatic rings. The summed E-state index contributed by atoms with van der Waals surface area (Å²) in [5.74, 6) is -0.570. The van der Waals surface area contributed by atoms with E-state index in [0.29, 0.717) is 35.8 Å². The zero-order valence-electron chi connectivity index (χ0n) is 16.6. The summed E-state index contributed by atoms with van der Waals surface area (Å²) in [4.78, 5) is 18.2. The van der Waals surface area contributed by atoms with Gasteiger partial charge in [0.05, 0.1) is 16.2 Å². The minimum atomic E-state index is -0.777. The standard InChI is InChI=1S/C21H24ClFN4O2/c1-20(29)6-7-21(9-20)10-26-18-15(21)16(22)12(8-25-18)11-4-5-13(24)14(17(11)23)19(28)27(2)3/h4-5,8,29H,6-7,9-10,24H2,1-3H3,(H,25,26)/t20-,21-/m0/s1. The topological polar surface area (TPSA) is 91.5 Å². The van der Waals surface area contributed by atoms with Crippen molar-refractivity contribution in [2.75, 3.05) is 31.7 Å². The van der Waals surface area contributed by atoms with Crippen molar-refractivity contribution in [3.8, 4) is 11.1 Å². The molecule has 29 heavy (non-hydrogen) atoms. The van der Waals surface area contributed by atoms with Gasteiger partial charge in [-0.05, 0) is 38.3 Å². The predicted molar refractivity (Wildman–Crippen MR) is 112 cm³/mol. The van der Waals surface area contributed by atoms with Crippen LogP contribution < -0.4 is 11.1 Å². The maximum absolute atomic E-state index is 15.4. The second-order valence-corrected chi connectivity index (χ2v) is 8.99. The van der Waals surface area contributed by atoms with E-state index in [1.165, 1.54) is 23.2 Å². The van der Waals surface area contributed by atoms with Crippen LogP contribution in [0.25, 0.3) is 11.1 Å². The Kier molecular flexibility index (Phi) is 4.51. The Morgan fingerprint density at radius 3 is 2.69 bits per heavy atom. The van der Waals surface area contributed by atoms with E-state index in [1.54, 1.807) is 14.1 Å². The first-order valence-corrected chi connectivity index (χ1v) is 9.89. The SMILES string of the molecule is CN(C)C(=O)c1c(N)ccc(-c2cnc3c(c2Cl)[C@]2(CC[C@](C)(O)C2)CN3)c1F. The van der Waals surface area contributed by atoms with Crippen LogP contribution >= 0.6 is 11.6 Å². The van der Waals surface area contributed by atoms with Crippen molar-refractivity contribution in [3.63, 3.8) is 0 Å². The molecule has 1 aromatic heterocycles. The highest BCUT2D eigenvalue weighted by molar-refractivity contribution is 6.34. The average molecular weight is 419 g/mol. The van der Waals surface area contributed by atoms with Crippen molar-refractivity contribution >= 4 is 29.0 Å². The van der Waals surface area contributed by atoms with Crippen molar-refractivity contribution < 1.29 is 14.3 Å². The van der Waals surface area contributed by atoms with Gasteiger partial charge >= 0.3 is 0 Å². The van der Waals surface area contributed by atoms with E-state index in [1.807, 2.05) is 6.92 Å². The highest BCUT2D eigenvalue weighted by Gasteiger charge is 2.51. The molecule has 2 heterocycles. The molecule has 6 nitrogen and oxygen atoms in total. The Balaban J connectivity index is 1.88. The van der Waals surface area contributed by atoms with E-state index in [-0.39, 0.29) is 22.2 Å². The average Bonchev–Trinajstić information content (AvgIpc) is 3.16. The Bertz CT molecular complexity index is 1020. The molecule has 1 aliphatic carbocycles. The second-order valence-electron chi connectivity index (χ2n) is 8.61. The lowest BCUT2D eigenvalue weighted by molar-refractivity contribution is 0.0619. The third-order valence-electron chi connectivity index (χ3n) is 6.09. The monoisotopic (exact) mass is 418 g/mol. The van der Waals surface area contributed by atoms with Gasteiger partial charge in [-0.25, -0.2) is 9.37 Å². The molecule has 1 spiro atoms. The van der Waals surface area contributed by atoms with Crippen molar-refractivity contribution in [2.24, 2.45) is 0 Å². The molecule has 1 amide bonds. The first-order chi connectivity index (χ1) is 13.6. The molecule has 1 aromatic carbocycles. The van der Waals surface area contributed by atoms with E-state index in [4.69, 9.17) is 17.3 Å². The highest BCUT2D eigenvalue weighted by Crippen LogP contribution is 2.54. The fourth-order valence-corrected chi connectivity index (χ4v) is 5.10. The number of carbonyl (C=O) groups is 1. The summed E-state index contributed by atoms with van der Waals surface area (Å²) in [5, 5.41) is 14.2. The number of amides is 1. The van der Waals surface area contributed by atoms with Crippen LogP contribution in [0.5, 0.6) is 0 Å². The van der Waals surface area contributed by atoms with E-state index in [0.717, 1.165) is 12.0 Å². The number of hydrogen-bond donors (Lipinski definition) is 3. The number of carbonyl (C=O) groups excluding carboxylic acids is 1.